The highest BCUT2D eigenvalue weighted by atomic mass is 16.5. The second-order valence-corrected chi connectivity index (χ2v) is 5.96. The molecule has 0 fully saturated rings. The smallest absolute Gasteiger partial charge is 0.251 e. The zero-order valence-electron chi connectivity index (χ0n) is 16.0. The van der Waals surface area contributed by atoms with Gasteiger partial charge in [0.1, 0.15) is 5.75 Å². The first-order chi connectivity index (χ1) is 13.2. The quantitative estimate of drug-likeness (QED) is 0.360. The zero-order valence-corrected chi connectivity index (χ0v) is 16.0. The number of aliphatic imine (C=N–C) groups is 1. The van der Waals surface area contributed by atoms with Gasteiger partial charge in [-0.1, -0.05) is 36.4 Å². The predicted molar refractivity (Wildman–Crippen MR) is 109 cm³/mol. The van der Waals surface area contributed by atoms with Gasteiger partial charge in [0.15, 0.2) is 5.96 Å². The van der Waals surface area contributed by atoms with E-state index >= 15 is 0 Å². The number of nitrogens with one attached hydrogen (secondary N) is 3. The van der Waals surface area contributed by atoms with Gasteiger partial charge in [0.05, 0.1) is 7.11 Å². The third-order valence-electron chi connectivity index (χ3n) is 4.07. The predicted octanol–water partition coefficient (Wildman–Crippen LogP) is 2.22. The Kier molecular flexibility index (Phi) is 8.69. The minimum absolute atomic E-state index is 0.0464. The summed E-state index contributed by atoms with van der Waals surface area (Å²) >= 11 is 0. The van der Waals surface area contributed by atoms with Gasteiger partial charge >= 0.3 is 0 Å². The number of methoxy groups -OCH3 is 1. The maximum absolute atomic E-state index is 11.9. The first-order valence-corrected chi connectivity index (χ1v) is 9.14. The normalized spacial score (nSPS) is 11.0. The lowest BCUT2D eigenvalue weighted by Crippen LogP contribution is -2.39. The third kappa shape index (κ3) is 7.01. The van der Waals surface area contributed by atoms with Crippen molar-refractivity contribution < 1.29 is 9.53 Å². The lowest BCUT2D eigenvalue weighted by molar-refractivity contribution is 0.0953. The second kappa shape index (κ2) is 11.6. The fourth-order valence-corrected chi connectivity index (χ4v) is 2.63. The van der Waals surface area contributed by atoms with Gasteiger partial charge in [-0.2, -0.15) is 0 Å². The number of ether oxygens (including phenoxy) is 1. The largest absolute Gasteiger partial charge is 0.496 e. The Morgan fingerprint density at radius 2 is 1.59 bits per heavy atom. The number of rotatable bonds is 9. The molecule has 0 saturated heterocycles. The fourth-order valence-electron chi connectivity index (χ4n) is 2.63. The van der Waals surface area contributed by atoms with Gasteiger partial charge in [0, 0.05) is 32.2 Å². The molecule has 0 aliphatic carbocycles. The van der Waals surface area contributed by atoms with Crippen LogP contribution in [0, 0.1) is 0 Å². The molecule has 2 rings (SSSR count). The number of nitrogens with zero attached hydrogens (tertiary/aromatic N) is 1. The highest BCUT2D eigenvalue weighted by Crippen LogP contribution is 2.17. The Labute approximate surface area is 161 Å². The number of amides is 1. The summed E-state index contributed by atoms with van der Waals surface area (Å²) in [5.41, 5.74) is 1.84. The minimum atomic E-state index is -0.0464. The number of guanidine groups is 1. The molecule has 0 atom stereocenters. The topological polar surface area (TPSA) is 74.8 Å². The van der Waals surface area contributed by atoms with Crippen LogP contribution in [0.15, 0.2) is 59.6 Å². The average molecular weight is 368 g/mol. The fraction of sp³-hybridized carbons (Fsp3) is 0.333. The molecule has 144 valence electrons. The Morgan fingerprint density at radius 3 is 2.33 bits per heavy atom. The first-order valence-electron chi connectivity index (χ1n) is 9.14. The van der Waals surface area contributed by atoms with Crippen LogP contribution in [-0.4, -0.2) is 45.7 Å². The maximum Gasteiger partial charge on any atom is 0.251 e. The number of hydrogen-bond acceptors (Lipinski definition) is 3. The van der Waals surface area contributed by atoms with Crippen molar-refractivity contribution in [3.05, 3.63) is 65.7 Å². The maximum atomic E-state index is 11.9. The SMILES string of the molecule is CN=C(NCCCNC(=O)c1ccccc1)NCCc1ccccc1OC. The number of benzene rings is 2. The zero-order chi connectivity index (χ0) is 19.3. The Bertz CT molecular complexity index is 732. The minimum Gasteiger partial charge on any atom is -0.496 e. The van der Waals surface area contributed by atoms with Gasteiger partial charge < -0.3 is 20.7 Å². The van der Waals surface area contributed by atoms with Gasteiger partial charge in [-0.25, -0.2) is 0 Å². The van der Waals surface area contributed by atoms with Crippen molar-refractivity contribution in [1.29, 1.82) is 0 Å². The van der Waals surface area contributed by atoms with Crippen LogP contribution in [0.3, 0.4) is 0 Å². The molecule has 0 spiro atoms. The molecule has 2 aromatic rings. The molecule has 27 heavy (non-hydrogen) atoms. The van der Waals surface area contributed by atoms with Crippen molar-refractivity contribution >= 4 is 11.9 Å². The monoisotopic (exact) mass is 368 g/mol. The molecule has 3 N–H and O–H groups in total. The molecular formula is C21H28N4O2. The van der Waals surface area contributed by atoms with Crippen LogP contribution in [0.1, 0.15) is 22.3 Å². The molecular weight excluding hydrogens is 340 g/mol. The van der Waals surface area contributed by atoms with Crippen LogP contribution in [-0.2, 0) is 6.42 Å². The van der Waals surface area contributed by atoms with Crippen molar-refractivity contribution in [2.75, 3.05) is 33.8 Å². The van der Waals surface area contributed by atoms with Crippen molar-refractivity contribution in [3.8, 4) is 5.75 Å². The van der Waals surface area contributed by atoms with Gasteiger partial charge in [0.25, 0.3) is 5.91 Å². The van der Waals surface area contributed by atoms with Crippen LogP contribution in [0.4, 0.5) is 0 Å². The van der Waals surface area contributed by atoms with Crippen molar-refractivity contribution in [3.63, 3.8) is 0 Å². The summed E-state index contributed by atoms with van der Waals surface area (Å²) in [6.07, 6.45) is 1.66. The van der Waals surface area contributed by atoms with Crippen LogP contribution >= 0.6 is 0 Å². The summed E-state index contributed by atoms with van der Waals surface area (Å²) < 4.78 is 5.36. The van der Waals surface area contributed by atoms with E-state index in [2.05, 4.69) is 27.0 Å². The molecule has 1 amide bonds. The van der Waals surface area contributed by atoms with Crippen molar-refractivity contribution in [1.82, 2.24) is 16.0 Å². The van der Waals surface area contributed by atoms with E-state index in [9.17, 15) is 4.79 Å². The molecule has 6 heteroatoms. The molecule has 0 radical (unpaired) electrons. The summed E-state index contributed by atoms with van der Waals surface area (Å²) in [5.74, 6) is 1.60. The standard InChI is InChI=1S/C21H28N4O2/c1-22-21(25-16-13-17-9-6-7-12-19(17)27-2)24-15-8-14-23-20(26)18-10-4-3-5-11-18/h3-7,9-12H,8,13-16H2,1-2H3,(H,23,26)(H2,22,24,25). The summed E-state index contributed by atoms with van der Waals surface area (Å²) in [7, 11) is 3.43. The third-order valence-corrected chi connectivity index (χ3v) is 4.07. The van der Waals surface area contributed by atoms with E-state index in [0.29, 0.717) is 12.1 Å². The summed E-state index contributed by atoms with van der Waals surface area (Å²) in [5, 5.41) is 9.46. The van der Waals surface area contributed by atoms with Gasteiger partial charge in [0.2, 0.25) is 0 Å². The first kappa shape index (κ1) is 20.3. The van der Waals surface area contributed by atoms with Gasteiger partial charge in [-0.3, -0.25) is 9.79 Å². The summed E-state index contributed by atoms with van der Waals surface area (Å²) in [6, 6.07) is 17.2. The molecule has 0 aromatic heterocycles. The summed E-state index contributed by atoms with van der Waals surface area (Å²) in [4.78, 5) is 16.2. The van der Waals surface area contributed by atoms with Gasteiger partial charge in [-0.15, -0.1) is 0 Å². The molecule has 2 aromatic carbocycles. The lowest BCUT2D eigenvalue weighted by Gasteiger charge is -2.13. The average Bonchev–Trinajstić information content (AvgIpc) is 2.73. The second-order valence-electron chi connectivity index (χ2n) is 5.96. The molecule has 0 heterocycles. The van der Waals surface area contributed by atoms with Crippen LogP contribution in [0.5, 0.6) is 5.75 Å². The Morgan fingerprint density at radius 1 is 0.926 bits per heavy atom. The highest BCUT2D eigenvalue weighted by molar-refractivity contribution is 5.94. The highest BCUT2D eigenvalue weighted by Gasteiger charge is 2.04. The molecule has 0 bridgehead atoms. The Hall–Kier alpha value is -3.02. The van der Waals surface area contributed by atoms with Crippen molar-refractivity contribution in [2.24, 2.45) is 4.99 Å². The van der Waals surface area contributed by atoms with Crippen LogP contribution in [0.2, 0.25) is 0 Å². The van der Waals surface area contributed by atoms with Crippen LogP contribution < -0.4 is 20.7 Å². The molecule has 0 unspecified atom stereocenters. The molecule has 0 saturated carbocycles. The van der Waals surface area contributed by atoms with E-state index in [-0.39, 0.29) is 5.91 Å². The van der Waals surface area contributed by atoms with Gasteiger partial charge in [-0.05, 0) is 36.6 Å². The van der Waals surface area contributed by atoms with E-state index < -0.39 is 0 Å². The molecule has 6 nitrogen and oxygen atoms in total. The van der Waals surface area contributed by atoms with Crippen LogP contribution in [0.25, 0.3) is 0 Å². The number of carbonyl (C=O) groups excluding carboxylic acids is 1. The van der Waals surface area contributed by atoms with E-state index in [0.717, 1.165) is 43.2 Å². The number of carbonyl (C=O) groups is 1. The molecule has 0 aliphatic rings. The molecule has 0 aliphatic heterocycles. The van der Waals surface area contributed by atoms with E-state index in [1.165, 1.54) is 0 Å². The number of hydrogen-bond donors (Lipinski definition) is 3. The van der Waals surface area contributed by atoms with E-state index in [1.807, 2.05) is 36.4 Å². The Balaban J connectivity index is 1.62. The van der Waals surface area contributed by atoms with E-state index in [1.54, 1.807) is 26.3 Å². The van der Waals surface area contributed by atoms with E-state index in [4.69, 9.17) is 4.74 Å². The number of para-hydroxylation sites is 1. The summed E-state index contributed by atoms with van der Waals surface area (Å²) in [6.45, 7) is 2.09. The lowest BCUT2D eigenvalue weighted by atomic mass is 10.1. The van der Waals surface area contributed by atoms with Crippen molar-refractivity contribution in [2.45, 2.75) is 12.8 Å².